The fraction of sp³-hybridized carbons (Fsp3) is 0.276. The van der Waals surface area contributed by atoms with Crippen LogP contribution in [0.2, 0.25) is 0 Å². The Hall–Kier alpha value is -3.93. The van der Waals surface area contributed by atoms with Crippen molar-refractivity contribution in [1.29, 1.82) is 0 Å². The summed E-state index contributed by atoms with van der Waals surface area (Å²) in [5.74, 6) is 0.799. The van der Waals surface area contributed by atoms with E-state index >= 15 is 0 Å². The number of carbonyl (C=O) groups excluding carboxylic acids is 2. The van der Waals surface area contributed by atoms with E-state index in [1.54, 1.807) is 4.90 Å². The number of hydrogen-bond donors (Lipinski definition) is 0. The van der Waals surface area contributed by atoms with E-state index < -0.39 is 0 Å². The zero-order chi connectivity index (χ0) is 24.4. The number of para-hydroxylation sites is 3. The van der Waals surface area contributed by atoms with Crippen molar-refractivity contribution in [3.05, 3.63) is 90.3 Å². The maximum Gasteiger partial charge on any atom is 0.246 e. The molecule has 1 aliphatic heterocycles. The lowest BCUT2D eigenvalue weighted by Gasteiger charge is -2.23. The summed E-state index contributed by atoms with van der Waals surface area (Å²) in [7, 11) is 0. The Labute approximate surface area is 205 Å². The Kier molecular flexibility index (Phi) is 6.36. The third-order valence-electron chi connectivity index (χ3n) is 6.81. The van der Waals surface area contributed by atoms with Gasteiger partial charge in [-0.1, -0.05) is 49.4 Å². The monoisotopic (exact) mass is 466 g/mol. The summed E-state index contributed by atoms with van der Waals surface area (Å²) in [6.45, 7) is 5.41. The van der Waals surface area contributed by atoms with Gasteiger partial charge in [0.15, 0.2) is 0 Å². The molecule has 178 valence electrons. The second-order valence-electron chi connectivity index (χ2n) is 8.94. The molecule has 0 saturated carbocycles. The molecular formula is C29H30N4O2. The third-order valence-corrected chi connectivity index (χ3v) is 6.81. The first-order valence-corrected chi connectivity index (χ1v) is 12.3. The second-order valence-corrected chi connectivity index (χ2v) is 8.94. The number of aromatic nitrogens is 2. The molecule has 1 atom stereocenters. The van der Waals surface area contributed by atoms with Crippen molar-refractivity contribution >= 4 is 34.2 Å². The highest BCUT2D eigenvalue weighted by Gasteiger charge is 2.35. The summed E-state index contributed by atoms with van der Waals surface area (Å²) >= 11 is 0. The summed E-state index contributed by atoms with van der Waals surface area (Å²) in [6.07, 6.45) is 1.34. The molecule has 0 radical (unpaired) electrons. The Bertz CT molecular complexity index is 1340. The minimum absolute atomic E-state index is 0.000521. The van der Waals surface area contributed by atoms with Crippen molar-refractivity contribution in [3.63, 3.8) is 0 Å². The van der Waals surface area contributed by atoms with Crippen LogP contribution in [0, 0.1) is 0 Å². The Morgan fingerprint density at radius 2 is 1.69 bits per heavy atom. The van der Waals surface area contributed by atoms with E-state index in [4.69, 9.17) is 4.98 Å². The molecule has 1 fully saturated rings. The molecule has 35 heavy (non-hydrogen) atoms. The number of aryl methyl sites for hydroxylation is 1. The van der Waals surface area contributed by atoms with E-state index in [1.807, 2.05) is 83.1 Å². The fourth-order valence-corrected chi connectivity index (χ4v) is 4.95. The van der Waals surface area contributed by atoms with Crippen LogP contribution in [0.25, 0.3) is 11.0 Å². The van der Waals surface area contributed by atoms with E-state index in [-0.39, 0.29) is 24.3 Å². The normalized spacial score (nSPS) is 15.7. The van der Waals surface area contributed by atoms with Crippen molar-refractivity contribution < 1.29 is 9.59 Å². The van der Waals surface area contributed by atoms with Gasteiger partial charge in [0.25, 0.3) is 0 Å². The van der Waals surface area contributed by atoms with Crippen LogP contribution in [0.15, 0.2) is 78.9 Å². The first kappa shape index (κ1) is 22.8. The van der Waals surface area contributed by atoms with Gasteiger partial charge in [-0.25, -0.2) is 4.98 Å². The maximum absolute atomic E-state index is 13.5. The first-order valence-electron chi connectivity index (χ1n) is 12.3. The lowest BCUT2D eigenvalue weighted by molar-refractivity contribution is -0.119. The van der Waals surface area contributed by atoms with Crippen LogP contribution >= 0.6 is 0 Å². The Balaban J connectivity index is 1.46. The molecule has 2 amide bonds. The number of likely N-dealkylation sites (N-methyl/N-ethyl adjacent to an activating group) is 1. The summed E-state index contributed by atoms with van der Waals surface area (Å²) in [5, 5.41) is 0. The van der Waals surface area contributed by atoms with Crippen LogP contribution < -0.4 is 9.80 Å². The van der Waals surface area contributed by atoms with Gasteiger partial charge in [0, 0.05) is 36.8 Å². The van der Waals surface area contributed by atoms with Gasteiger partial charge in [-0.2, -0.15) is 0 Å². The topological polar surface area (TPSA) is 58.4 Å². The van der Waals surface area contributed by atoms with Gasteiger partial charge in [-0.05, 0) is 55.3 Å². The van der Waals surface area contributed by atoms with Crippen molar-refractivity contribution in [1.82, 2.24) is 9.55 Å². The molecule has 0 N–H and O–H groups in total. The number of anilines is 2. The highest BCUT2D eigenvalue weighted by Crippen LogP contribution is 2.33. The van der Waals surface area contributed by atoms with Crippen LogP contribution in [-0.4, -0.2) is 34.5 Å². The average molecular weight is 467 g/mol. The molecular weight excluding hydrogens is 436 g/mol. The van der Waals surface area contributed by atoms with Gasteiger partial charge in [-0.15, -0.1) is 0 Å². The lowest BCUT2D eigenvalue weighted by atomic mass is 10.1. The summed E-state index contributed by atoms with van der Waals surface area (Å²) in [6, 6.07) is 25.8. The Morgan fingerprint density at radius 1 is 0.971 bits per heavy atom. The molecule has 6 nitrogen and oxygen atoms in total. The van der Waals surface area contributed by atoms with Crippen LogP contribution in [0.1, 0.15) is 37.6 Å². The van der Waals surface area contributed by atoms with Crippen LogP contribution in [0.5, 0.6) is 0 Å². The maximum atomic E-state index is 13.5. The molecule has 4 aromatic rings. The van der Waals surface area contributed by atoms with Crippen molar-refractivity contribution in [2.24, 2.45) is 0 Å². The number of benzene rings is 3. The molecule has 2 heterocycles. The number of fused-ring (bicyclic) bond motifs is 1. The van der Waals surface area contributed by atoms with E-state index in [9.17, 15) is 9.59 Å². The summed E-state index contributed by atoms with van der Waals surface area (Å²) in [4.78, 5) is 35.0. The lowest BCUT2D eigenvalue weighted by Crippen LogP contribution is -2.34. The number of amides is 2. The predicted octanol–water partition coefficient (Wildman–Crippen LogP) is 5.17. The number of hydrogen-bond acceptors (Lipinski definition) is 3. The van der Waals surface area contributed by atoms with Gasteiger partial charge < -0.3 is 14.4 Å². The minimum atomic E-state index is -0.0830. The average Bonchev–Trinajstić information content (AvgIpc) is 3.45. The van der Waals surface area contributed by atoms with E-state index in [0.717, 1.165) is 34.7 Å². The first-order chi connectivity index (χ1) is 17.1. The van der Waals surface area contributed by atoms with Crippen molar-refractivity contribution in [2.75, 3.05) is 22.9 Å². The quantitative estimate of drug-likeness (QED) is 0.377. The zero-order valence-corrected chi connectivity index (χ0v) is 20.2. The van der Waals surface area contributed by atoms with Crippen LogP contribution in [0.4, 0.5) is 11.4 Å². The smallest absolute Gasteiger partial charge is 0.246 e. The largest absolute Gasteiger partial charge is 0.318 e. The molecule has 0 spiro atoms. The third kappa shape index (κ3) is 4.44. The highest BCUT2D eigenvalue weighted by molar-refractivity contribution is 5.97. The van der Waals surface area contributed by atoms with E-state index in [1.165, 1.54) is 5.56 Å². The second kappa shape index (κ2) is 9.74. The van der Waals surface area contributed by atoms with Crippen LogP contribution in [0.3, 0.4) is 0 Å². The summed E-state index contributed by atoms with van der Waals surface area (Å²) < 4.78 is 2.00. The van der Waals surface area contributed by atoms with Gasteiger partial charge in [0.2, 0.25) is 11.8 Å². The molecule has 6 heteroatoms. The fourth-order valence-electron chi connectivity index (χ4n) is 4.95. The minimum Gasteiger partial charge on any atom is -0.318 e. The number of carbonyl (C=O) groups is 2. The predicted molar refractivity (Wildman–Crippen MR) is 140 cm³/mol. The van der Waals surface area contributed by atoms with E-state index in [2.05, 4.69) is 19.1 Å². The molecule has 0 bridgehead atoms. The number of imidazole rings is 1. The number of rotatable bonds is 7. The SMILES string of the molecule is CCc1ccc(N2C[C@H](c3nc4ccccc4n3CC(=O)N(CC)c3ccccc3)CC2=O)cc1. The van der Waals surface area contributed by atoms with Crippen molar-refractivity contribution in [2.45, 2.75) is 39.2 Å². The molecule has 5 rings (SSSR count). The standard InChI is InChI=1S/C29H30N4O2/c1-3-21-14-16-24(17-15-21)32-19-22(18-27(32)34)29-30-25-12-8-9-13-26(25)33(29)20-28(35)31(4-2)23-10-6-5-7-11-23/h5-17,22H,3-4,18-20H2,1-2H3/t22-/m1/s1. The molecule has 1 aliphatic rings. The van der Waals surface area contributed by atoms with E-state index in [0.29, 0.717) is 19.5 Å². The van der Waals surface area contributed by atoms with Crippen LogP contribution in [-0.2, 0) is 22.6 Å². The molecule has 1 aromatic heterocycles. The molecule has 3 aromatic carbocycles. The highest BCUT2D eigenvalue weighted by atomic mass is 16.2. The van der Waals surface area contributed by atoms with Crippen molar-refractivity contribution in [3.8, 4) is 0 Å². The molecule has 0 aliphatic carbocycles. The van der Waals surface area contributed by atoms with Gasteiger partial charge in [0.05, 0.1) is 11.0 Å². The van der Waals surface area contributed by atoms with Gasteiger partial charge in [0.1, 0.15) is 12.4 Å². The molecule has 1 saturated heterocycles. The summed E-state index contributed by atoms with van der Waals surface area (Å²) in [5.41, 5.74) is 4.80. The number of nitrogens with zero attached hydrogens (tertiary/aromatic N) is 4. The van der Waals surface area contributed by atoms with Gasteiger partial charge in [-0.3, -0.25) is 9.59 Å². The Morgan fingerprint density at radius 3 is 2.40 bits per heavy atom. The zero-order valence-electron chi connectivity index (χ0n) is 20.2. The molecule has 0 unspecified atom stereocenters. The van der Waals surface area contributed by atoms with Gasteiger partial charge >= 0.3 is 0 Å².